The van der Waals surface area contributed by atoms with E-state index in [4.69, 9.17) is 9.26 Å². The minimum atomic E-state index is 0. The number of para-hydroxylation sites is 1. The highest BCUT2D eigenvalue weighted by Crippen LogP contribution is 2.20. The van der Waals surface area contributed by atoms with Gasteiger partial charge < -0.3 is 9.26 Å². The quantitative estimate of drug-likeness (QED) is 0.809. The van der Waals surface area contributed by atoms with Gasteiger partial charge in [-0.05, 0) is 45.0 Å². The summed E-state index contributed by atoms with van der Waals surface area (Å²) in [4.78, 5) is 6.60. The van der Waals surface area contributed by atoms with Gasteiger partial charge in [-0.15, -0.1) is 12.4 Å². The van der Waals surface area contributed by atoms with Crippen LogP contribution in [-0.2, 0) is 0 Å². The van der Waals surface area contributed by atoms with Crippen LogP contribution in [0.5, 0.6) is 5.75 Å². The van der Waals surface area contributed by atoms with Crippen molar-refractivity contribution in [3.05, 3.63) is 41.5 Å². The minimum absolute atomic E-state index is 0. The largest absolute Gasteiger partial charge is 0.492 e. The topological polar surface area (TPSA) is 51.4 Å². The summed E-state index contributed by atoms with van der Waals surface area (Å²) in [5, 5.41) is 3.77. The predicted octanol–water partition coefficient (Wildman–Crippen LogP) is 3.44. The molecule has 0 amide bonds. The van der Waals surface area contributed by atoms with Gasteiger partial charge in [-0.3, -0.25) is 4.90 Å². The first-order valence-electron chi connectivity index (χ1n) is 7.74. The Balaban J connectivity index is 0.00000192. The van der Waals surface area contributed by atoms with Crippen LogP contribution >= 0.6 is 12.4 Å². The van der Waals surface area contributed by atoms with Gasteiger partial charge >= 0.3 is 0 Å². The number of likely N-dealkylation sites (tertiary alicyclic amines) is 1. The first-order chi connectivity index (χ1) is 10.8. The van der Waals surface area contributed by atoms with Crippen LogP contribution in [0.15, 0.2) is 28.8 Å². The van der Waals surface area contributed by atoms with Crippen LogP contribution in [-0.4, -0.2) is 41.3 Å². The highest BCUT2D eigenvalue weighted by atomic mass is 35.5. The molecule has 5 nitrogen and oxygen atoms in total. The van der Waals surface area contributed by atoms with Gasteiger partial charge in [0.15, 0.2) is 5.82 Å². The Hall–Kier alpha value is -1.85. The lowest BCUT2D eigenvalue weighted by atomic mass is 10.2. The zero-order chi connectivity index (χ0) is 15.2. The number of aryl methyl sites for hydroxylation is 1. The first kappa shape index (κ1) is 17.5. The van der Waals surface area contributed by atoms with Crippen molar-refractivity contribution >= 4 is 24.6 Å². The number of ether oxygens (including phenoxy) is 1. The number of rotatable bonds is 6. The second-order valence-electron chi connectivity index (χ2n) is 5.45. The van der Waals surface area contributed by atoms with Crippen molar-refractivity contribution in [2.24, 2.45) is 0 Å². The highest BCUT2D eigenvalue weighted by Gasteiger charge is 2.11. The Morgan fingerprint density at radius 2 is 2.00 bits per heavy atom. The normalized spacial score (nSPS) is 15.0. The Bertz CT molecular complexity index is 636. The summed E-state index contributed by atoms with van der Waals surface area (Å²) in [7, 11) is 0. The van der Waals surface area contributed by atoms with Gasteiger partial charge in [-0.1, -0.05) is 23.4 Å². The van der Waals surface area contributed by atoms with E-state index in [0.717, 1.165) is 17.9 Å². The molecule has 2 heterocycles. The number of hydrogen-bond acceptors (Lipinski definition) is 5. The monoisotopic (exact) mass is 335 g/mol. The van der Waals surface area contributed by atoms with E-state index in [-0.39, 0.29) is 12.4 Å². The van der Waals surface area contributed by atoms with Crippen LogP contribution in [0.2, 0.25) is 0 Å². The van der Waals surface area contributed by atoms with E-state index in [1.165, 1.54) is 25.9 Å². The van der Waals surface area contributed by atoms with Crippen molar-refractivity contribution in [2.45, 2.75) is 19.8 Å². The summed E-state index contributed by atoms with van der Waals surface area (Å²) in [6.45, 7) is 5.89. The number of nitrogens with zero attached hydrogens (tertiary/aromatic N) is 3. The fourth-order valence-electron chi connectivity index (χ4n) is 2.58. The lowest BCUT2D eigenvalue weighted by molar-refractivity contribution is 0.237. The number of aromatic nitrogens is 2. The Labute approximate surface area is 142 Å². The van der Waals surface area contributed by atoms with Crippen molar-refractivity contribution in [3.63, 3.8) is 0 Å². The van der Waals surface area contributed by atoms with Gasteiger partial charge in [0.25, 0.3) is 5.89 Å². The lowest BCUT2D eigenvalue weighted by Gasteiger charge is -2.15. The second kappa shape index (κ2) is 8.70. The third-order valence-corrected chi connectivity index (χ3v) is 3.73. The number of benzene rings is 1. The molecule has 1 aliphatic rings. The molecule has 0 spiro atoms. The molecule has 0 aliphatic carbocycles. The van der Waals surface area contributed by atoms with E-state index in [9.17, 15) is 0 Å². The molecule has 1 aromatic heterocycles. The average molecular weight is 336 g/mol. The van der Waals surface area contributed by atoms with E-state index in [2.05, 4.69) is 15.0 Å². The van der Waals surface area contributed by atoms with Crippen LogP contribution in [0, 0.1) is 6.92 Å². The average Bonchev–Trinajstić information content (AvgIpc) is 3.18. The molecule has 23 heavy (non-hydrogen) atoms. The Kier molecular flexibility index (Phi) is 6.62. The Morgan fingerprint density at radius 3 is 2.74 bits per heavy atom. The number of hydrogen-bond donors (Lipinski definition) is 0. The predicted molar refractivity (Wildman–Crippen MR) is 92.8 cm³/mol. The third kappa shape index (κ3) is 5.08. The van der Waals surface area contributed by atoms with Crippen molar-refractivity contribution in [1.29, 1.82) is 0 Å². The zero-order valence-corrected chi connectivity index (χ0v) is 14.1. The third-order valence-electron chi connectivity index (χ3n) is 3.73. The summed E-state index contributed by atoms with van der Waals surface area (Å²) in [5.74, 6) is 2.02. The van der Waals surface area contributed by atoms with E-state index in [1.54, 1.807) is 6.92 Å². The van der Waals surface area contributed by atoms with Crippen molar-refractivity contribution in [3.8, 4) is 5.75 Å². The molecule has 0 unspecified atom stereocenters. The maximum absolute atomic E-state index is 5.93. The molecule has 0 atom stereocenters. The van der Waals surface area contributed by atoms with Gasteiger partial charge in [-0.25, -0.2) is 0 Å². The van der Waals surface area contributed by atoms with E-state index in [1.807, 2.05) is 36.4 Å². The van der Waals surface area contributed by atoms with Gasteiger partial charge in [0.1, 0.15) is 12.4 Å². The molecule has 0 N–H and O–H groups in total. The number of halogens is 1. The first-order valence-corrected chi connectivity index (χ1v) is 7.74. The van der Waals surface area contributed by atoms with E-state index >= 15 is 0 Å². The van der Waals surface area contributed by atoms with Crippen LogP contribution in [0.3, 0.4) is 0 Å². The highest BCUT2D eigenvalue weighted by molar-refractivity contribution is 5.85. The van der Waals surface area contributed by atoms with E-state index < -0.39 is 0 Å². The molecule has 6 heteroatoms. The second-order valence-corrected chi connectivity index (χ2v) is 5.45. The van der Waals surface area contributed by atoms with Crippen molar-refractivity contribution < 1.29 is 9.26 Å². The molecular weight excluding hydrogens is 314 g/mol. The fourth-order valence-corrected chi connectivity index (χ4v) is 2.58. The molecule has 124 valence electrons. The van der Waals surface area contributed by atoms with Crippen LogP contribution < -0.4 is 4.74 Å². The molecule has 0 bridgehead atoms. The summed E-state index contributed by atoms with van der Waals surface area (Å²) in [6.07, 6.45) is 6.37. The van der Waals surface area contributed by atoms with Gasteiger partial charge in [0.2, 0.25) is 0 Å². The lowest BCUT2D eigenvalue weighted by Crippen LogP contribution is -2.25. The zero-order valence-electron chi connectivity index (χ0n) is 13.3. The summed E-state index contributed by atoms with van der Waals surface area (Å²) < 4.78 is 11.0. The molecular formula is C17H22ClN3O2. The van der Waals surface area contributed by atoms with Crippen molar-refractivity contribution in [1.82, 2.24) is 15.0 Å². The van der Waals surface area contributed by atoms with Crippen molar-refractivity contribution in [2.75, 3.05) is 26.2 Å². The SMILES string of the molecule is Cc1noc(C=Cc2ccccc2OCCN2CCCC2)n1.Cl. The fraction of sp³-hybridized carbons (Fsp3) is 0.412. The maximum atomic E-state index is 5.93. The molecule has 2 aromatic rings. The van der Waals surface area contributed by atoms with Crippen LogP contribution in [0.4, 0.5) is 0 Å². The maximum Gasteiger partial charge on any atom is 0.250 e. The standard InChI is InChI=1S/C17H21N3O2.ClH/c1-14-18-17(22-19-14)9-8-15-6-2-3-7-16(15)21-13-12-20-10-4-5-11-20;/h2-3,6-9H,4-5,10-13H2,1H3;1H. The van der Waals surface area contributed by atoms with E-state index in [0.29, 0.717) is 18.3 Å². The molecule has 1 aromatic carbocycles. The summed E-state index contributed by atoms with van der Waals surface area (Å²) in [5.41, 5.74) is 1.01. The molecule has 1 fully saturated rings. The Morgan fingerprint density at radius 1 is 1.22 bits per heavy atom. The summed E-state index contributed by atoms with van der Waals surface area (Å²) >= 11 is 0. The molecule has 1 saturated heterocycles. The molecule has 3 rings (SSSR count). The minimum Gasteiger partial charge on any atom is -0.492 e. The molecule has 0 radical (unpaired) electrons. The van der Waals surface area contributed by atoms with Gasteiger partial charge in [0, 0.05) is 18.2 Å². The van der Waals surface area contributed by atoms with Crippen LogP contribution in [0.1, 0.15) is 30.1 Å². The molecule has 0 saturated carbocycles. The van der Waals surface area contributed by atoms with Crippen LogP contribution in [0.25, 0.3) is 12.2 Å². The van der Waals surface area contributed by atoms with Gasteiger partial charge in [-0.2, -0.15) is 4.98 Å². The smallest absolute Gasteiger partial charge is 0.250 e. The summed E-state index contributed by atoms with van der Waals surface area (Å²) in [6, 6.07) is 7.99. The molecule has 1 aliphatic heterocycles. The van der Waals surface area contributed by atoms with Gasteiger partial charge in [0.05, 0.1) is 0 Å².